The van der Waals surface area contributed by atoms with Crippen LogP contribution in [0.4, 0.5) is 5.69 Å². The summed E-state index contributed by atoms with van der Waals surface area (Å²) in [6.07, 6.45) is -4.82. The molecule has 206 valence electrons. The van der Waals surface area contributed by atoms with Gasteiger partial charge in [0.1, 0.15) is 12.7 Å². The maximum absolute atomic E-state index is 11.9. The Labute approximate surface area is 222 Å². The van der Waals surface area contributed by atoms with Crippen molar-refractivity contribution in [1.29, 1.82) is 0 Å². The number of nitrogens with zero attached hydrogens (tertiary/aromatic N) is 2. The molecule has 1 fully saturated rings. The van der Waals surface area contributed by atoms with Crippen LogP contribution < -0.4 is 5.32 Å². The monoisotopic (exact) mass is 551 g/mol. The Morgan fingerprint density at radius 1 is 0.868 bits per heavy atom. The number of ether oxygens (including phenoxy) is 5. The molecule has 0 bridgehead atoms. The summed E-state index contributed by atoms with van der Waals surface area (Å²) in [4.78, 5) is 47.2. The summed E-state index contributed by atoms with van der Waals surface area (Å²) in [6, 6.07) is 7.75. The zero-order valence-corrected chi connectivity index (χ0v) is 22.3. The van der Waals surface area contributed by atoms with Crippen LogP contribution in [-0.4, -0.2) is 70.5 Å². The molecule has 1 saturated heterocycles. The van der Waals surface area contributed by atoms with Crippen LogP contribution in [0.1, 0.15) is 39.1 Å². The summed E-state index contributed by atoms with van der Waals surface area (Å²) in [5.74, 6) is -2.45. The van der Waals surface area contributed by atoms with Gasteiger partial charge in [-0.3, -0.25) is 19.2 Å². The molecule has 38 heavy (non-hydrogen) atoms. The first-order valence-corrected chi connectivity index (χ1v) is 12.5. The van der Waals surface area contributed by atoms with E-state index in [4.69, 9.17) is 28.1 Å². The lowest BCUT2D eigenvalue weighted by molar-refractivity contribution is -0.237. The van der Waals surface area contributed by atoms with E-state index in [1.54, 1.807) is 0 Å². The van der Waals surface area contributed by atoms with E-state index in [0.29, 0.717) is 0 Å². The number of hydrogen-bond donors (Lipinski definition) is 1. The van der Waals surface area contributed by atoms with Gasteiger partial charge in [-0.1, -0.05) is 17.7 Å². The van der Waals surface area contributed by atoms with Crippen LogP contribution in [0, 0.1) is 6.92 Å². The Kier molecular flexibility index (Phi) is 10.1. The van der Waals surface area contributed by atoms with Crippen LogP contribution >= 0.6 is 11.8 Å². The third-order valence-electron chi connectivity index (χ3n) is 5.11. The number of esters is 4. The second-order valence-electron chi connectivity index (χ2n) is 8.37. The molecule has 0 radical (unpaired) electrons. The number of thioether (sulfide) groups is 1. The van der Waals surface area contributed by atoms with Crippen LogP contribution in [0.15, 0.2) is 33.9 Å². The van der Waals surface area contributed by atoms with Crippen molar-refractivity contribution in [2.75, 3.05) is 11.9 Å². The fourth-order valence-corrected chi connectivity index (χ4v) is 4.56. The normalized spacial score (nSPS) is 22.7. The Hall–Kier alpha value is -3.65. The van der Waals surface area contributed by atoms with Gasteiger partial charge in [-0.2, -0.15) is 0 Å². The number of carbonyl (C=O) groups excluding carboxylic acids is 4. The molecule has 14 heteroatoms. The van der Waals surface area contributed by atoms with E-state index < -0.39 is 53.7 Å². The summed E-state index contributed by atoms with van der Waals surface area (Å²) in [5.41, 5.74) is 0.924. The SMILES string of the molecule is CC(=O)OC[C@H]1O[C@@H](Sc2nnc(CNc3ccc(C)cc3)o2)[C@H](OC(C)=O)[C@@H](OC(C)=O)[C@H]1OC(C)=O. The molecule has 1 aromatic heterocycles. The average Bonchev–Trinajstić information content (AvgIpc) is 3.27. The molecule has 2 aromatic rings. The molecule has 1 aliphatic heterocycles. The molecule has 2 heterocycles. The lowest BCUT2D eigenvalue weighted by atomic mass is 9.99. The fourth-order valence-electron chi connectivity index (χ4n) is 3.59. The Bertz CT molecular complexity index is 1140. The summed E-state index contributed by atoms with van der Waals surface area (Å²) >= 11 is 0.909. The molecule has 1 aliphatic rings. The Morgan fingerprint density at radius 3 is 2.08 bits per heavy atom. The highest BCUT2D eigenvalue weighted by Gasteiger charge is 2.53. The highest BCUT2D eigenvalue weighted by Crippen LogP contribution is 2.37. The largest absolute Gasteiger partial charge is 0.463 e. The molecule has 1 N–H and O–H groups in total. The number of hydrogen-bond acceptors (Lipinski definition) is 14. The molecule has 13 nitrogen and oxygen atoms in total. The lowest BCUT2D eigenvalue weighted by Gasteiger charge is -2.43. The number of benzene rings is 1. The third-order valence-corrected chi connectivity index (χ3v) is 6.09. The van der Waals surface area contributed by atoms with Gasteiger partial charge < -0.3 is 33.4 Å². The van der Waals surface area contributed by atoms with E-state index >= 15 is 0 Å². The van der Waals surface area contributed by atoms with Crippen molar-refractivity contribution in [3.05, 3.63) is 35.7 Å². The van der Waals surface area contributed by atoms with Gasteiger partial charge in [0.05, 0.1) is 6.54 Å². The number of nitrogens with one attached hydrogen (secondary N) is 1. The highest BCUT2D eigenvalue weighted by molar-refractivity contribution is 7.99. The first kappa shape index (κ1) is 28.9. The molecular weight excluding hydrogens is 522 g/mol. The Morgan fingerprint density at radius 2 is 1.47 bits per heavy atom. The second kappa shape index (κ2) is 13.2. The molecule has 0 amide bonds. The van der Waals surface area contributed by atoms with Gasteiger partial charge >= 0.3 is 23.9 Å². The maximum Gasteiger partial charge on any atom is 0.303 e. The van der Waals surface area contributed by atoms with Crippen LogP contribution in [0.3, 0.4) is 0 Å². The second-order valence-corrected chi connectivity index (χ2v) is 9.42. The molecule has 5 atom stereocenters. The lowest BCUT2D eigenvalue weighted by Crippen LogP contribution is -2.61. The van der Waals surface area contributed by atoms with E-state index in [0.717, 1.165) is 36.9 Å². The van der Waals surface area contributed by atoms with Gasteiger partial charge in [0, 0.05) is 33.4 Å². The quantitative estimate of drug-likeness (QED) is 0.337. The number of aryl methyl sites for hydroxylation is 1. The van der Waals surface area contributed by atoms with E-state index in [1.807, 2.05) is 31.2 Å². The third kappa shape index (κ3) is 8.45. The molecule has 0 saturated carbocycles. The van der Waals surface area contributed by atoms with Crippen LogP contribution in [0.5, 0.6) is 0 Å². The summed E-state index contributed by atoms with van der Waals surface area (Å²) in [7, 11) is 0. The predicted octanol–water partition coefficient (Wildman–Crippen LogP) is 2.17. The van der Waals surface area contributed by atoms with E-state index in [1.165, 1.54) is 13.8 Å². The van der Waals surface area contributed by atoms with Crippen LogP contribution in [0.2, 0.25) is 0 Å². The standard InChI is InChI=1S/C24H29N3O10S/c1-12-6-8-17(9-7-12)25-10-19-26-27-24(37-19)38-23-22(35-16(5)31)21(34-15(4)30)20(33-14(3)29)18(36-23)11-32-13(2)28/h6-9,18,20-23,25H,10-11H2,1-5H3/t18-,20+,21+,22-,23+/m1/s1. The van der Waals surface area contributed by atoms with Gasteiger partial charge in [0.25, 0.3) is 5.22 Å². The zero-order valence-electron chi connectivity index (χ0n) is 21.5. The zero-order chi connectivity index (χ0) is 27.8. The van der Waals surface area contributed by atoms with Gasteiger partial charge in [0.2, 0.25) is 5.89 Å². The van der Waals surface area contributed by atoms with Crippen LogP contribution in [-0.2, 0) is 49.4 Å². The number of carbonyl (C=O) groups is 4. The minimum atomic E-state index is -1.28. The maximum atomic E-state index is 11.9. The van der Waals surface area contributed by atoms with Gasteiger partial charge in [0.15, 0.2) is 23.7 Å². The summed E-state index contributed by atoms with van der Waals surface area (Å²) < 4.78 is 33.0. The van der Waals surface area contributed by atoms with Crippen molar-refractivity contribution in [1.82, 2.24) is 10.2 Å². The van der Waals surface area contributed by atoms with Crippen molar-refractivity contribution >= 4 is 41.3 Å². The number of anilines is 1. The predicted molar refractivity (Wildman–Crippen MR) is 131 cm³/mol. The average molecular weight is 552 g/mol. The number of aromatic nitrogens is 2. The molecule has 3 rings (SSSR count). The Balaban J connectivity index is 1.83. The molecule has 0 aliphatic carbocycles. The fraction of sp³-hybridized carbons (Fsp3) is 0.500. The van der Waals surface area contributed by atoms with E-state index in [9.17, 15) is 19.2 Å². The first-order chi connectivity index (χ1) is 18.0. The van der Waals surface area contributed by atoms with Gasteiger partial charge in [-0.05, 0) is 30.8 Å². The van der Waals surface area contributed by atoms with Gasteiger partial charge in [-0.15, -0.1) is 10.2 Å². The summed E-state index contributed by atoms with van der Waals surface area (Å²) in [6.45, 7) is 6.57. The highest BCUT2D eigenvalue weighted by atomic mass is 32.2. The number of rotatable bonds is 10. The van der Waals surface area contributed by atoms with Crippen molar-refractivity contribution < 1.29 is 47.3 Å². The van der Waals surface area contributed by atoms with E-state index in [2.05, 4.69) is 15.5 Å². The van der Waals surface area contributed by atoms with Crippen molar-refractivity contribution in [2.45, 2.75) is 76.2 Å². The minimum Gasteiger partial charge on any atom is -0.463 e. The molecular formula is C24H29N3O10S. The minimum absolute atomic E-state index is 0.0756. The van der Waals surface area contributed by atoms with E-state index in [-0.39, 0.29) is 24.3 Å². The smallest absolute Gasteiger partial charge is 0.303 e. The molecule has 0 spiro atoms. The van der Waals surface area contributed by atoms with Crippen LogP contribution in [0.25, 0.3) is 0 Å². The topological polar surface area (TPSA) is 165 Å². The van der Waals surface area contributed by atoms with Crippen molar-refractivity contribution in [3.8, 4) is 0 Å². The molecule has 1 aromatic carbocycles. The van der Waals surface area contributed by atoms with Gasteiger partial charge in [-0.25, -0.2) is 0 Å². The van der Waals surface area contributed by atoms with Crippen molar-refractivity contribution in [2.24, 2.45) is 0 Å². The van der Waals surface area contributed by atoms with Crippen molar-refractivity contribution in [3.63, 3.8) is 0 Å². The first-order valence-electron chi connectivity index (χ1n) is 11.6. The molecule has 0 unspecified atom stereocenters. The summed E-state index contributed by atoms with van der Waals surface area (Å²) in [5, 5.41) is 11.3.